The number of Topliss-reactive ketones (excluding diaryl/α,β-unsaturated/α-hetero) is 1. The van der Waals surface area contributed by atoms with Crippen LogP contribution in [0.4, 0.5) is 4.39 Å². The first-order valence-corrected chi connectivity index (χ1v) is 6.71. The summed E-state index contributed by atoms with van der Waals surface area (Å²) in [6, 6.07) is 4.41. The van der Waals surface area contributed by atoms with Crippen LogP contribution in [0.5, 0.6) is 5.75 Å². The summed E-state index contributed by atoms with van der Waals surface area (Å²) in [6.07, 6.45) is 0.614. The average molecular weight is 283 g/mol. The summed E-state index contributed by atoms with van der Waals surface area (Å²) in [7, 11) is 1.38. The fourth-order valence-corrected chi connectivity index (χ4v) is 1.91. The van der Waals surface area contributed by atoms with Gasteiger partial charge in [0.2, 0.25) is 0 Å². The summed E-state index contributed by atoms with van der Waals surface area (Å²) in [4.78, 5) is 14.1. The summed E-state index contributed by atoms with van der Waals surface area (Å²) in [5.74, 6) is -0.550. The van der Waals surface area contributed by atoms with Crippen molar-refractivity contribution in [2.75, 3.05) is 26.8 Å². The predicted molar refractivity (Wildman–Crippen MR) is 75.7 cm³/mol. The Balaban J connectivity index is 2.75. The van der Waals surface area contributed by atoms with Gasteiger partial charge < -0.3 is 9.84 Å². The maximum absolute atomic E-state index is 13.6. The molecule has 0 radical (unpaired) electrons. The molecule has 0 saturated carbocycles. The summed E-state index contributed by atoms with van der Waals surface area (Å²) in [5, 5.41) is 8.87. The first kappa shape index (κ1) is 16.6. The molecule has 0 saturated heterocycles. The normalized spacial score (nSPS) is 11.2. The molecule has 0 aliphatic rings. The molecule has 4 nitrogen and oxygen atoms in total. The van der Waals surface area contributed by atoms with Crippen molar-refractivity contribution in [2.24, 2.45) is 0 Å². The van der Waals surface area contributed by atoms with E-state index < -0.39 is 5.82 Å². The van der Waals surface area contributed by atoms with Crippen molar-refractivity contribution in [1.82, 2.24) is 4.90 Å². The van der Waals surface area contributed by atoms with E-state index in [2.05, 4.69) is 0 Å². The van der Waals surface area contributed by atoms with Crippen molar-refractivity contribution in [1.29, 1.82) is 0 Å². The summed E-state index contributed by atoms with van der Waals surface area (Å²) >= 11 is 0. The van der Waals surface area contributed by atoms with E-state index in [0.717, 1.165) is 0 Å². The minimum Gasteiger partial charge on any atom is -0.494 e. The molecule has 0 unspecified atom stereocenters. The number of aliphatic hydroxyl groups excluding tert-OH is 1. The number of carbonyl (C=O) groups is 1. The van der Waals surface area contributed by atoms with E-state index in [1.165, 1.54) is 19.2 Å². The molecule has 1 aromatic rings. The zero-order valence-electron chi connectivity index (χ0n) is 12.2. The number of nitrogens with zero attached hydrogens (tertiary/aromatic N) is 1. The van der Waals surface area contributed by atoms with Crippen LogP contribution in [0.3, 0.4) is 0 Å². The number of hydrogen-bond acceptors (Lipinski definition) is 4. The van der Waals surface area contributed by atoms with E-state index in [1.54, 1.807) is 6.07 Å². The van der Waals surface area contributed by atoms with Crippen molar-refractivity contribution >= 4 is 5.78 Å². The number of ketones is 1. The van der Waals surface area contributed by atoms with Crippen LogP contribution in [0.15, 0.2) is 18.2 Å². The number of benzene rings is 1. The van der Waals surface area contributed by atoms with Gasteiger partial charge in [0.05, 0.1) is 13.7 Å². The van der Waals surface area contributed by atoms with Crippen LogP contribution in [0.25, 0.3) is 0 Å². The number of rotatable bonds is 8. The molecule has 5 heteroatoms. The highest BCUT2D eigenvalue weighted by Gasteiger charge is 2.16. The molecule has 0 heterocycles. The van der Waals surface area contributed by atoms with Gasteiger partial charge in [0.1, 0.15) is 0 Å². The summed E-state index contributed by atoms with van der Waals surface area (Å²) in [6.45, 7) is 4.91. The lowest BCUT2D eigenvalue weighted by Gasteiger charge is -2.25. The van der Waals surface area contributed by atoms with Crippen molar-refractivity contribution in [3.8, 4) is 5.75 Å². The van der Waals surface area contributed by atoms with E-state index >= 15 is 0 Å². The Labute approximate surface area is 119 Å². The molecule has 20 heavy (non-hydrogen) atoms. The Morgan fingerprint density at radius 3 is 2.65 bits per heavy atom. The third-order valence-corrected chi connectivity index (χ3v) is 3.15. The van der Waals surface area contributed by atoms with Gasteiger partial charge in [0.15, 0.2) is 17.3 Å². The highest BCUT2D eigenvalue weighted by atomic mass is 19.1. The molecule has 1 rings (SSSR count). The monoisotopic (exact) mass is 283 g/mol. The van der Waals surface area contributed by atoms with Crippen LogP contribution >= 0.6 is 0 Å². The Bertz CT molecular complexity index is 449. The second-order valence-electron chi connectivity index (χ2n) is 4.91. The van der Waals surface area contributed by atoms with Gasteiger partial charge in [-0.15, -0.1) is 0 Å². The van der Waals surface area contributed by atoms with Gasteiger partial charge in [-0.05, 0) is 38.5 Å². The van der Waals surface area contributed by atoms with E-state index in [9.17, 15) is 9.18 Å². The van der Waals surface area contributed by atoms with Crippen molar-refractivity contribution in [3.63, 3.8) is 0 Å². The zero-order valence-corrected chi connectivity index (χ0v) is 12.2. The second-order valence-corrected chi connectivity index (χ2v) is 4.91. The van der Waals surface area contributed by atoms with Crippen LogP contribution in [-0.4, -0.2) is 48.6 Å². The SMILES string of the molecule is COc1ccc(C(=O)CN(CCCO)C(C)C)cc1F. The third kappa shape index (κ3) is 4.58. The predicted octanol–water partition coefficient (Wildman–Crippen LogP) is 2.11. The highest BCUT2D eigenvalue weighted by Crippen LogP contribution is 2.18. The molecule has 0 bridgehead atoms. The maximum atomic E-state index is 13.6. The number of carbonyl (C=O) groups excluding carboxylic acids is 1. The van der Waals surface area contributed by atoms with Gasteiger partial charge >= 0.3 is 0 Å². The smallest absolute Gasteiger partial charge is 0.176 e. The van der Waals surface area contributed by atoms with Crippen molar-refractivity contribution < 1.29 is 19.0 Å². The Hall–Kier alpha value is -1.46. The van der Waals surface area contributed by atoms with Crippen LogP contribution in [0.2, 0.25) is 0 Å². The van der Waals surface area contributed by atoms with Crippen LogP contribution < -0.4 is 4.74 Å². The lowest BCUT2D eigenvalue weighted by atomic mass is 10.1. The minimum absolute atomic E-state index is 0.0918. The lowest BCUT2D eigenvalue weighted by molar-refractivity contribution is 0.0896. The minimum atomic E-state index is -0.537. The highest BCUT2D eigenvalue weighted by molar-refractivity contribution is 5.97. The largest absolute Gasteiger partial charge is 0.494 e. The van der Waals surface area contributed by atoms with Gasteiger partial charge in [-0.25, -0.2) is 4.39 Å². The van der Waals surface area contributed by atoms with Crippen molar-refractivity contribution in [2.45, 2.75) is 26.3 Å². The standard InChI is InChI=1S/C15H22FNO3/c1-11(2)17(7-4-8-18)10-14(19)12-5-6-15(20-3)13(16)9-12/h5-6,9,11,18H,4,7-8,10H2,1-3H3. The second kappa shape index (κ2) is 7.97. The van der Waals surface area contributed by atoms with Crippen LogP contribution in [0.1, 0.15) is 30.6 Å². The Morgan fingerprint density at radius 1 is 1.45 bits per heavy atom. The maximum Gasteiger partial charge on any atom is 0.176 e. The van der Waals surface area contributed by atoms with Gasteiger partial charge in [0.25, 0.3) is 0 Å². The number of methoxy groups -OCH3 is 1. The van der Waals surface area contributed by atoms with Crippen LogP contribution in [0, 0.1) is 5.82 Å². The molecule has 0 atom stereocenters. The zero-order chi connectivity index (χ0) is 15.1. The number of hydrogen-bond donors (Lipinski definition) is 1. The topological polar surface area (TPSA) is 49.8 Å². The molecule has 0 aliphatic carbocycles. The molecular weight excluding hydrogens is 261 g/mol. The first-order chi connectivity index (χ1) is 9.49. The molecule has 1 aromatic carbocycles. The molecule has 0 aromatic heterocycles. The summed E-state index contributed by atoms with van der Waals surface area (Å²) in [5.41, 5.74) is 0.331. The Morgan fingerprint density at radius 2 is 2.15 bits per heavy atom. The third-order valence-electron chi connectivity index (χ3n) is 3.15. The number of halogens is 1. The molecule has 0 amide bonds. The van der Waals surface area contributed by atoms with Gasteiger partial charge in [-0.2, -0.15) is 0 Å². The van der Waals surface area contributed by atoms with Gasteiger partial charge in [0, 0.05) is 24.8 Å². The van der Waals surface area contributed by atoms with Gasteiger partial charge in [-0.1, -0.05) is 0 Å². The van der Waals surface area contributed by atoms with E-state index in [1.807, 2.05) is 18.7 Å². The molecule has 0 aliphatic heterocycles. The number of aliphatic hydroxyl groups is 1. The van der Waals surface area contributed by atoms with E-state index in [-0.39, 0.29) is 30.7 Å². The Kier molecular flexibility index (Phi) is 6.61. The van der Waals surface area contributed by atoms with Crippen LogP contribution in [-0.2, 0) is 0 Å². The molecule has 112 valence electrons. The fourth-order valence-electron chi connectivity index (χ4n) is 1.91. The van der Waals surface area contributed by atoms with E-state index in [0.29, 0.717) is 18.5 Å². The molecule has 0 fully saturated rings. The quantitative estimate of drug-likeness (QED) is 0.742. The summed E-state index contributed by atoms with van der Waals surface area (Å²) < 4.78 is 18.4. The first-order valence-electron chi connectivity index (χ1n) is 6.71. The lowest BCUT2D eigenvalue weighted by Crippen LogP contribution is -2.36. The molecule has 0 spiro atoms. The average Bonchev–Trinajstić information content (AvgIpc) is 2.42. The van der Waals surface area contributed by atoms with Crippen molar-refractivity contribution in [3.05, 3.63) is 29.6 Å². The molecule has 1 N–H and O–H groups in total. The fraction of sp³-hybridized carbons (Fsp3) is 0.533. The molecular formula is C15H22FNO3. The number of ether oxygens (including phenoxy) is 1. The van der Waals surface area contributed by atoms with Gasteiger partial charge in [-0.3, -0.25) is 9.69 Å². The van der Waals surface area contributed by atoms with E-state index in [4.69, 9.17) is 9.84 Å².